The van der Waals surface area contributed by atoms with Crippen molar-refractivity contribution >= 4 is 45.5 Å². The van der Waals surface area contributed by atoms with Gasteiger partial charge < -0.3 is 15.0 Å². The average Bonchev–Trinajstić information content (AvgIpc) is 3.37. The molecule has 170 valence electrons. The van der Waals surface area contributed by atoms with Crippen LogP contribution in [0.3, 0.4) is 0 Å². The van der Waals surface area contributed by atoms with E-state index < -0.39 is 11.9 Å². The van der Waals surface area contributed by atoms with E-state index in [-0.39, 0.29) is 12.0 Å². The third-order valence-electron chi connectivity index (χ3n) is 7.28. The number of pyridine rings is 1. The Hall–Kier alpha value is -3.20. The summed E-state index contributed by atoms with van der Waals surface area (Å²) in [5, 5.41) is 23.0. The first kappa shape index (κ1) is 20.4. The van der Waals surface area contributed by atoms with Gasteiger partial charge in [0.2, 0.25) is 0 Å². The monoisotopic (exact) mass is 465 g/mol. The van der Waals surface area contributed by atoms with Gasteiger partial charge >= 0.3 is 5.97 Å². The quantitative estimate of drug-likeness (QED) is 0.411. The van der Waals surface area contributed by atoms with Crippen molar-refractivity contribution in [1.29, 1.82) is 0 Å². The Balaban J connectivity index is 1.46. The van der Waals surface area contributed by atoms with Crippen LogP contribution in [0.4, 0.5) is 5.82 Å². The Morgan fingerprint density at radius 1 is 1.27 bits per heavy atom. The van der Waals surface area contributed by atoms with Gasteiger partial charge in [0, 0.05) is 25.5 Å². The van der Waals surface area contributed by atoms with Gasteiger partial charge in [-0.1, -0.05) is 24.4 Å². The van der Waals surface area contributed by atoms with Crippen molar-refractivity contribution in [2.75, 3.05) is 5.32 Å². The van der Waals surface area contributed by atoms with Crippen LogP contribution in [0.5, 0.6) is 0 Å². The number of carbonyl (C=O) groups is 1. The molecule has 0 amide bonds. The number of aliphatic carboxylic acids is 1. The molecule has 4 heterocycles. The van der Waals surface area contributed by atoms with Gasteiger partial charge in [-0.05, 0) is 43.2 Å². The maximum absolute atomic E-state index is 12.2. The van der Waals surface area contributed by atoms with Gasteiger partial charge in [-0.3, -0.25) is 9.89 Å². The number of anilines is 1. The van der Waals surface area contributed by atoms with Gasteiger partial charge in [-0.15, -0.1) is 0 Å². The molecule has 6 rings (SSSR count). The molecule has 4 atom stereocenters. The minimum atomic E-state index is -0.725. The van der Waals surface area contributed by atoms with Crippen molar-refractivity contribution in [1.82, 2.24) is 29.7 Å². The van der Waals surface area contributed by atoms with Crippen LogP contribution in [0.15, 0.2) is 24.5 Å². The molecule has 2 aliphatic carbocycles. The van der Waals surface area contributed by atoms with Crippen molar-refractivity contribution in [2.24, 2.45) is 24.8 Å². The summed E-state index contributed by atoms with van der Waals surface area (Å²) in [5.74, 6) is 0.733. The molecule has 0 spiro atoms. The first-order valence-electron chi connectivity index (χ1n) is 11.3. The predicted octanol–water partition coefficient (Wildman–Crippen LogP) is 4.25. The summed E-state index contributed by atoms with van der Waals surface area (Å²) < 4.78 is 1.93. The number of carboxylic acids is 1. The molecule has 0 aliphatic heterocycles. The number of aromatic amines is 1. The van der Waals surface area contributed by atoms with E-state index in [1.165, 1.54) is 6.42 Å². The van der Waals surface area contributed by atoms with Gasteiger partial charge in [-0.25, -0.2) is 15.0 Å². The van der Waals surface area contributed by atoms with Crippen LogP contribution in [0.1, 0.15) is 32.1 Å². The fourth-order valence-corrected chi connectivity index (χ4v) is 5.97. The fourth-order valence-electron chi connectivity index (χ4n) is 5.81. The van der Waals surface area contributed by atoms with E-state index in [2.05, 4.69) is 20.5 Å². The highest BCUT2D eigenvalue weighted by atomic mass is 35.5. The Kier molecular flexibility index (Phi) is 4.76. The molecule has 3 N–H and O–H groups in total. The Morgan fingerprint density at radius 3 is 3.00 bits per heavy atom. The standard InChI is InChI=1S/C23H24ClN7O2/c1-31-6-5-14-20(26-16-8-11-3-2-4-12(7-11)17(16)23(32)33)27-21(28-22(14)31)18-15-9-13(24)10-25-19(15)30-29-18/h5-6,9-12,16-17H,2-4,7-8H2,1H3,(H,32,33)(H,25,29,30)(H,26,27,28). The number of carboxylic acid groups (broad SMARTS) is 1. The highest BCUT2D eigenvalue weighted by Gasteiger charge is 2.44. The molecule has 0 radical (unpaired) electrons. The summed E-state index contributed by atoms with van der Waals surface area (Å²) in [6.07, 6.45) is 8.61. The molecule has 2 aliphatic rings. The molecule has 33 heavy (non-hydrogen) atoms. The van der Waals surface area contributed by atoms with E-state index in [0.717, 1.165) is 42.1 Å². The predicted molar refractivity (Wildman–Crippen MR) is 125 cm³/mol. The molecule has 9 nitrogen and oxygen atoms in total. The largest absolute Gasteiger partial charge is 0.481 e. The van der Waals surface area contributed by atoms with Crippen LogP contribution in [0.25, 0.3) is 33.6 Å². The first-order valence-corrected chi connectivity index (χ1v) is 11.7. The molecule has 10 heteroatoms. The number of nitrogens with one attached hydrogen (secondary N) is 2. The van der Waals surface area contributed by atoms with Gasteiger partial charge in [0.05, 0.1) is 21.7 Å². The summed E-state index contributed by atoms with van der Waals surface area (Å²) in [5.41, 5.74) is 1.91. The van der Waals surface area contributed by atoms with E-state index in [1.807, 2.05) is 23.9 Å². The molecule has 0 saturated heterocycles. The fraction of sp³-hybridized carbons (Fsp3) is 0.435. The number of rotatable bonds is 4. The van der Waals surface area contributed by atoms with E-state index in [9.17, 15) is 9.90 Å². The minimum absolute atomic E-state index is 0.174. The number of hydrogen-bond acceptors (Lipinski definition) is 6. The number of aryl methyl sites for hydroxylation is 1. The summed E-state index contributed by atoms with van der Waals surface area (Å²) in [4.78, 5) is 26.1. The molecular weight excluding hydrogens is 442 g/mol. The maximum atomic E-state index is 12.2. The lowest BCUT2D eigenvalue weighted by molar-refractivity contribution is -0.146. The molecular formula is C23H24ClN7O2. The topological polar surface area (TPSA) is 122 Å². The van der Waals surface area contributed by atoms with E-state index in [0.29, 0.717) is 33.9 Å². The lowest BCUT2D eigenvalue weighted by Gasteiger charge is -2.43. The van der Waals surface area contributed by atoms with Gasteiger partial charge in [0.1, 0.15) is 17.2 Å². The van der Waals surface area contributed by atoms with Gasteiger partial charge in [0.15, 0.2) is 11.5 Å². The van der Waals surface area contributed by atoms with Crippen molar-refractivity contribution in [3.8, 4) is 11.5 Å². The number of fused-ring (bicyclic) bond motifs is 4. The minimum Gasteiger partial charge on any atom is -0.481 e. The van der Waals surface area contributed by atoms with Crippen molar-refractivity contribution in [3.05, 3.63) is 29.5 Å². The van der Waals surface area contributed by atoms with Crippen molar-refractivity contribution < 1.29 is 9.90 Å². The maximum Gasteiger partial charge on any atom is 0.308 e. The second-order valence-electron chi connectivity index (χ2n) is 9.33. The second kappa shape index (κ2) is 7.69. The molecule has 0 aromatic carbocycles. The molecule has 2 saturated carbocycles. The molecule has 4 aromatic rings. The highest BCUT2D eigenvalue weighted by molar-refractivity contribution is 6.31. The summed E-state index contributed by atoms with van der Waals surface area (Å²) in [6, 6.07) is 3.58. The number of nitrogens with zero attached hydrogens (tertiary/aromatic N) is 5. The highest BCUT2D eigenvalue weighted by Crippen LogP contribution is 2.44. The Morgan fingerprint density at radius 2 is 2.15 bits per heavy atom. The van der Waals surface area contributed by atoms with Crippen LogP contribution in [0, 0.1) is 17.8 Å². The van der Waals surface area contributed by atoms with Crippen LogP contribution in [-0.4, -0.2) is 46.8 Å². The zero-order valence-electron chi connectivity index (χ0n) is 18.1. The Labute approximate surface area is 194 Å². The zero-order chi connectivity index (χ0) is 22.7. The third kappa shape index (κ3) is 3.42. The third-order valence-corrected chi connectivity index (χ3v) is 7.49. The smallest absolute Gasteiger partial charge is 0.308 e. The lowest BCUT2D eigenvalue weighted by atomic mass is 9.64. The summed E-state index contributed by atoms with van der Waals surface area (Å²) >= 11 is 6.17. The number of aromatic nitrogens is 6. The summed E-state index contributed by atoms with van der Waals surface area (Å²) in [7, 11) is 1.93. The zero-order valence-corrected chi connectivity index (χ0v) is 18.9. The SMILES string of the molecule is Cn1ccc2c(NC3CC4CCCC(C4)C3C(=O)O)nc(-c3[nH]nc4ncc(Cl)cc34)nc21. The molecule has 2 bridgehead atoms. The summed E-state index contributed by atoms with van der Waals surface area (Å²) in [6.45, 7) is 0. The van der Waals surface area contributed by atoms with Crippen LogP contribution < -0.4 is 5.32 Å². The Bertz CT molecular complexity index is 1380. The van der Waals surface area contributed by atoms with Crippen molar-refractivity contribution in [3.63, 3.8) is 0 Å². The molecule has 4 aromatic heterocycles. The average molecular weight is 466 g/mol. The van der Waals surface area contributed by atoms with Gasteiger partial charge in [0.25, 0.3) is 0 Å². The van der Waals surface area contributed by atoms with Crippen LogP contribution in [-0.2, 0) is 11.8 Å². The van der Waals surface area contributed by atoms with Crippen molar-refractivity contribution in [2.45, 2.75) is 38.1 Å². The molecule has 4 unspecified atom stereocenters. The normalized spacial score (nSPS) is 24.9. The van der Waals surface area contributed by atoms with Gasteiger partial charge in [-0.2, -0.15) is 5.10 Å². The lowest BCUT2D eigenvalue weighted by Crippen LogP contribution is -2.47. The first-order chi connectivity index (χ1) is 16.0. The van der Waals surface area contributed by atoms with E-state index in [4.69, 9.17) is 21.6 Å². The van der Waals surface area contributed by atoms with Crippen LogP contribution >= 0.6 is 11.6 Å². The number of hydrogen-bond donors (Lipinski definition) is 3. The molecule has 2 fully saturated rings. The van der Waals surface area contributed by atoms with E-state index in [1.54, 1.807) is 12.3 Å². The van der Waals surface area contributed by atoms with E-state index >= 15 is 0 Å². The number of halogens is 1. The van der Waals surface area contributed by atoms with Crippen LogP contribution in [0.2, 0.25) is 5.02 Å². The number of H-pyrrole nitrogens is 1. The second-order valence-corrected chi connectivity index (χ2v) is 9.76.